The van der Waals surface area contributed by atoms with Crippen LogP contribution >= 0.6 is 0 Å². The highest BCUT2D eigenvalue weighted by Crippen LogP contribution is 2.49. The molecular weight excluding hydrogens is 568 g/mol. The van der Waals surface area contributed by atoms with Crippen LogP contribution in [-0.4, -0.2) is 57.5 Å². The van der Waals surface area contributed by atoms with E-state index in [0.717, 1.165) is 77.0 Å². The van der Waals surface area contributed by atoms with E-state index in [1.165, 1.54) is 0 Å². The highest BCUT2D eigenvalue weighted by molar-refractivity contribution is 5.84. The molecule has 0 heterocycles. The lowest BCUT2D eigenvalue weighted by atomic mass is 9.69. The summed E-state index contributed by atoms with van der Waals surface area (Å²) in [5.41, 5.74) is 2.21. The molecule has 0 saturated heterocycles. The number of unbranched alkanes of at least 4 members (excludes halogenated alkanes) is 10. The molecule has 4 atom stereocenters. The van der Waals surface area contributed by atoms with Crippen molar-refractivity contribution in [2.45, 2.75) is 117 Å². The Morgan fingerprint density at radius 2 is 0.727 bits per heavy atom. The largest absolute Gasteiger partial charge is 0.493 e. The summed E-state index contributed by atoms with van der Waals surface area (Å²) >= 11 is 0. The second kappa shape index (κ2) is 17.3. The Bertz CT molecular complexity index is 1000. The van der Waals surface area contributed by atoms with Gasteiger partial charge < -0.3 is 29.9 Å². The van der Waals surface area contributed by atoms with Crippen molar-refractivity contribution in [1.82, 2.24) is 0 Å². The average molecular weight is 619 g/mol. The predicted molar refractivity (Wildman–Crippen MR) is 164 cm³/mol. The third-order valence-corrected chi connectivity index (χ3v) is 9.25. The molecule has 2 aliphatic rings. The number of ether oxygens (including phenoxy) is 2. The van der Waals surface area contributed by atoms with Crippen LogP contribution in [-0.2, 0) is 44.9 Å². The maximum Gasteiger partial charge on any atom is 0.307 e. The molecule has 4 unspecified atom stereocenters. The molecule has 1 aromatic carbocycles. The number of carboxylic acids is 4. The Labute approximate surface area is 260 Å². The van der Waals surface area contributed by atoms with Crippen LogP contribution in [0.5, 0.6) is 11.5 Å². The highest BCUT2D eigenvalue weighted by Gasteiger charge is 2.46. The van der Waals surface area contributed by atoms with Crippen molar-refractivity contribution in [2.24, 2.45) is 23.7 Å². The number of carbonyl (C=O) groups is 4. The molecule has 0 spiro atoms. The summed E-state index contributed by atoms with van der Waals surface area (Å²) in [7, 11) is 0. The van der Waals surface area contributed by atoms with Crippen LogP contribution in [0.25, 0.3) is 0 Å². The molecule has 0 fully saturated rings. The van der Waals surface area contributed by atoms with Gasteiger partial charge in [-0.05, 0) is 38.5 Å². The third kappa shape index (κ3) is 8.88. The Hall–Kier alpha value is -3.30. The molecule has 246 valence electrons. The SMILES string of the molecule is CCCCCCCCOc1c2c(c(OCCCCCCCC)c3c1CC(C(=O)O)C(C(=O)O)C3)CC(C(=O)O)C(C(=O)O)C2. The van der Waals surface area contributed by atoms with Crippen molar-refractivity contribution in [3.05, 3.63) is 22.3 Å². The maximum absolute atomic E-state index is 12.2. The zero-order valence-electron chi connectivity index (χ0n) is 26.3. The van der Waals surface area contributed by atoms with Crippen LogP contribution in [0.2, 0.25) is 0 Å². The number of rotatable bonds is 20. The Balaban J connectivity index is 2.06. The van der Waals surface area contributed by atoms with Gasteiger partial charge in [-0.15, -0.1) is 0 Å². The topological polar surface area (TPSA) is 168 Å². The first-order valence-electron chi connectivity index (χ1n) is 16.5. The normalized spacial score (nSPS) is 20.8. The molecule has 10 nitrogen and oxygen atoms in total. The van der Waals surface area contributed by atoms with E-state index in [-0.39, 0.29) is 25.7 Å². The molecule has 1 aromatic rings. The number of carboxylic acid groups (broad SMARTS) is 4. The Morgan fingerprint density at radius 1 is 0.477 bits per heavy atom. The molecule has 10 heteroatoms. The van der Waals surface area contributed by atoms with Crippen molar-refractivity contribution in [2.75, 3.05) is 13.2 Å². The fraction of sp³-hybridized carbons (Fsp3) is 0.706. The number of benzene rings is 1. The Kier molecular flexibility index (Phi) is 13.8. The second-order valence-electron chi connectivity index (χ2n) is 12.4. The number of fused-ring (bicyclic) bond motifs is 2. The van der Waals surface area contributed by atoms with Gasteiger partial charge in [0.1, 0.15) is 11.5 Å². The lowest BCUT2D eigenvalue weighted by Gasteiger charge is -2.37. The van der Waals surface area contributed by atoms with Gasteiger partial charge in [0.25, 0.3) is 0 Å². The minimum Gasteiger partial charge on any atom is -0.493 e. The van der Waals surface area contributed by atoms with Crippen LogP contribution in [0.1, 0.15) is 113 Å². The molecule has 2 aliphatic carbocycles. The average Bonchev–Trinajstić information content (AvgIpc) is 2.99. The minimum atomic E-state index is -1.22. The van der Waals surface area contributed by atoms with Crippen molar-refractivity contribution in [3.63, 3.8) is 0 Å². The molecule has 44 heavy (non-hydrogen) atoms. The molecule has 0 aromatic heterocycles. The summed E-state index contributed by atoms with van der Waals surface area (Å²) in [6.07, 6.45) is 12.0. The summed E-state index contributed by atoms with van der Waals surface area (Å²) in [6, 6.07) is 0. The first kappa shape index (κ1) is 35.2. The second-order valence-corrected chi connectivity index (χ2v) is 12.4. The number of hydrogen-bond donors (Lipinski definition) is 4. The summed E-state index contributed by atoms with van der Waals surface area (Å²) in [4.78, 5) is 49.0. The van der Waals surface area contributed by atoms with Crippen LogP contribution in [0.15, 0.2) is 0 Å². The van der Waals surface area contributed by atoms with E-state index in [2.05, 4.69) is 13.8 Å². The van der Waals surface area contributed by atoms with Gasteiger partial charge in [-0.1, -0.05) is 78.1 Å². The highest BCUT2D eigenvalue weighted by atomic mass is 16.5. The summed E-state index contributed by atoms with van der Waals surface area (Å²) in [5.74, 6) is -8.84. The fourth-order valence-electron chi connectivity index (χ4n) is 6.72. The van der Waals surface area contributed by atoms with Crippen molar-refractivity contribution in [1.29, 1.82) is 0 Å². The first-order chi connectivity index (χ1) is 21.1. The smallest absolute Gasteiger partial charge is 0.307 e. The lowest BCUT2D eigenvalue weighted by molar-refractivity contribution is -0.154. The van der Waals surface area contributed by atoms with E-state index >= 15 is 0 Å². The van der Waals surface area contributed by atoms with Crippen LogP contribution < -0.4 is 9.47 Å². The third-order valence-electron chi connectivity index (χ3n) is 9.25. The number of aliphatic carboxylic acids is 4. The van der Waals surface area contributed by atoms with E-state index < -0.39 is 47.5 Å². The van der Waals surface area contributed by atoms with Gasteiger partial charge in [-0.3, -0.25) is 19.2 Å². The quantitative estimate of drug-likeness (QED) is 0.124. The van der Waals surface area contributed by atoms with Gasteiger partial charge in [-0.25, -0.2) is 0 Å². The molecule has 4 N–H and O–H groups in total. The lowest BCUT2D eigenvalue weighted by Crippen LogP contribution is -2.39. The summed E-state index contributed by atoms with van der Waals surface area (Å²) in [6.45, 7) is 4.97. The van der Waals surface area contributed by atoms with Crippen molar-refractivity contribution < 1.29 is 49.1 Å². The summed E-state index contributed by atoms with van der Waals surface area (Å²) < 4.78 is 12.7. The van der Waals surface area contributed by atoms with Crippen molar-refractivity contribution >= 4 is 23.9 Å². The fourth-order valence-corrected chi connectivity index (χ4v) is 6.72. The molecule has 0 saturated carbocycles. The van der Waals surface area contributed by atoms with Gasteiger partial charge in [-0.2, -0.15) is 0 Å². The zero-order chi connectivity index (χ0) is 32.2. The van der Waals surface area contributed by atoms with E-state index in [4.69, 9.17) is 9.47 Å². The standard InChI is InChI=1S/C34H50O10/c1-3-5-7-9-11-13-15-43-29-21-17-25(31(35)36)27(33(39)40)19-23(21)30(44-16-14-12-10-8-6-4-2)24-20-28(34(41)42)26(32(37)38)18-22(24)29/h25-28H,3-20H2,1-2H3,(H,35,36)(H,37,38)(H,39,40)(H,41,42). The zero-order valence-corrected chi connectivity index (χ0v) is 26.3. The van der Waals surface area contributed by atoms with Gasteiger partial charge >= 0.3 is 23.9 Å². The molecule has 0 aliphatic heterocycles. The van der Waals surface area contributed by atoms with Gasteiger partial charge in [0.05, 0.1) is 36.9 Å². The van der Waals surface area contributed by atoms with Crippen molar-refractivity contribution in [3.8, 4) is 11.5 Å². The minimum absolute atomic E-state index is 0.0891. The van der Waals surface area contributed by atoms with Crippen LogP contribution in [0, 0.1) is 23.7 Å². The van der Waals surface area contributed by atoms with Crippen LogP contribution in [0.3, 0.4) is 0 Å². The van der Waals surface area contributed by atoms with E-state index in [9.17, 15) is 39.6 Å². The van der Waals surface area contributed by atoms with E-state index in [0.29, 0.717) is 47.0 Å². The summed E-state index contributed by atoms with van der Waals surface area (Å²) in [5, 5.41) is 40.0. The van der Waals surface area contributed by atoms with Gasteiger partial charge in [0.15, 0.2) is 0 Å². The number of hydrogen-bond acceptors (Lipinski definition) is 6. The predicted octanol–water partition coefficient (Wildman–Crippen LogP) is 6.17. The van der Waals surface area contributed by atoms with Gasteiger partial charge in [0.2, 0.25) is 0 Å². The molecule has 0 radical (unpaired) electrons. The van der Waals surface area contributed by atoms with E-state index in [1.54, 1.807) is 0 Å². The monoisotopic (exact) mass is 618 g/mol. The first-order valence-corrected chi connectivity index (χ1v) is 16.5. The van der Waals surface area contributed by atoms with Crippen LogP contribution in [0.4, 0.5) is 0 Å². The molecular formula is C34H50O10. The molecule has 3 rings (SSSR count). The van der Waals surface area contributed by atoms with E-state index in [1.807, 2.05) is 0 Å². The molecule has 0 amide bonds. The Morgan fingerprint density at radius 3 is 0.977 bits per heavy atom. The molecule has 0 bridgehead atoms. The maximum atomic E-state index is 12.2. The van der Waals surface area contributed by atoms with Gasteiger partial charge in [0, 0.05) is 22.3 Å².